The van der Waals surface area contributed by atoms with Crippen LogP contribution < -0.4 is 5.48 Å². The minimum atomic E-state index is -4.27. The zero-order valence-corrected chi connectivity index (χ0v) is 8.01. The number of hydrogen-bond acceptors (Lipinski definition) is 2. The molecule has 1 saturated heterocycles. The van der Waals surface area contributed by atoms with Crippen LogP contribution in [0.5, 0.6) is 0 Å². The van der Waals surface area contributed by atoms with Gasteiger partial charge in [0.15, 0.2) is 0 Å². The van der Waals surface area contributed by atoms with Gasteiger partial charge < -0.3 is 0 Å². The lowest BCUT2D eigenvalue weighted by atomic mass is 10.00. The van der Waals surface area contributed by atoms with Crippen molar-refractivity contribution in [2.45, 2.75) is 25.2 Å². The van der Waals surface area contributed by atoms with Crippen molar-refractivity contribution >= 4 is 0 Å². The Morgan fingerprint density at radius 1 is 1.20 bits per heavy atom. The van der Waals surface area contributed by atoms with E-state index in [1.807, 2.05) is 6.92 Å². The lowest BCUT2D eigenvalue weighted by Crippen LogP contribution is -2.45. The predicted molar refractivity (Wildman–Crippen MR) is 47.9 cm³/mol. The van der Waals surface area contributed by atoms with Crippen LogP contribution in [0.4, 0.5) is 13.2 Å². The Morgan fingerprint density at radius 2 is 1.80 bits per heavy atom. The molecule has 2 rings (SSSR count). The highest BCUT2D eigenvalue weighted by atomic mass is 19.4. The summed E-state index contributed by atoms with van der Waals surface area (Å²) in [6, 6.07) is 5.11. The van der Waals surface area contributed by atoms with Gasteiger partial charge in [-0.3, -0.25) is 4.84 Å². The first-order valence-electron chi connectivity index (χ1n) is 4.57. The van der Waals surface area contributed by atoms with Gasteiger partial charge in [0.25, 0.3) is 0 Å². The predicted octanol–water partition coefficient (Wildman–Crippen LogP) is 2.67. The van der Waals surface area contributed by atoms with Crippen molar-refractivity contribution in [1.29, 1.82) is 0 Å². The van der Waals surface area contributed by atoms with Crippen LogP contribution in [0, 0.1) is 0 Å². The highest BCUT2D eigenvalue weighted by molar-refractivity contribution is 5.27. The number of nitrogens with one attached hydrogen (secondary N) is 1. The lowest BCUT2D eigenvalue weighted by molar-refractivity contribution is -0.161. The van der Waals surface area contributed by atoms with Gasteiger partial charge >= 0.3 is 6.18 Å². The van der Waals surface area contributed by atoms with Gasteiger partial charge in [-0.25, -0.2) is 0 Å². The molecule has 1 aliphatic rings. The quantitative estimate of drug-likeness (QED) is 0.780. The molecule has 2 atom stereocenters. The first kappa shape index (κ1) is 10.4. The third-order valence-electron chi connectivity index (χ3n) is 2.45. The molecular weight excluding hydrogens is 207 g/mol. The maximum absolute atomic E-state index is 12.3. The van der Waals surface area contributed by atoms with Crippen molar-refractivity contribution < 1.29 is 18.0 Å². The average molecular weight is 217 g/mol. The van der Waals surface area contributed by atoms with Crippen LogP contribution in [0.2, 0.25) is 0 Å². The number of benzene rings is 1. The minimum Gasteiger partial charge on any atom is -0.296 e. The molecule has 0 amide bonds. The van der Waals surface area contributed by atoms with Crippen molar-refractivity contribution in [3.63, 3.8) is 0 Å². The second-order valence-electron chi connectivity index (χ2n) is 3.54. The molecule has 2 nitrogen and oxygen atoms in total. The molecule has 1 heterocycles. The molecule has 1 N–H and O–H groups in total. The van der Waals surface area contributed by atoms with Gasteiger partial charge in [0.2, 0.25) is 0 Å². The van der Waals surface area contributed by atoms with Gasteiger partial charge in [-0.2, -0.15) is 18.7 Å². The van der Waals surface area contributed by atoms with Crippen LogP contribution in [0.1, 0.15) is 24.1 Å². The molecule has 1 aliphatic heterocycles. The molecule has 15 heavy (non-hydrogen) atoms. The topological polar surface area (TPSA) is 21.3 Å². The second kappa shape index (κ2) is 3.50. The fourth-order valence-corrected chi connectivity index (χ4v) is 1.49. The molecule has 1 fully saturated rings. The molecule has 0 bridgehead atoms. The van der Waals surface area contributed by atoms with E-state index in [0.717, 1.165) is 17.7 Å². The zero-order valence-electron chi connectivity index (χ0n) is 8.01. The van der Waals surface area contributed by atoms with Gasteiger partial charge in [-0.15, -0.1) is 0 Å². The first-order valence-corrected chi connectivity index (χ1v) is 4.57. The Labute approximate surface area is 85.0 Å². The Kier molecular flexibility index (Phi) is 2.44. The van der Waals surface area contributed by atoms with Gasteiger partial charge in [-0.1, -0.05) is 12.1 Å². The fraction of sp³-hybridized carbons (Fsp3) is 0.400. The summed E-state index contributed by atoms with van der Waals surface area (Å²) < 4.78 is 36.8. The van der Waals surface area contributed by atoms with E-state index in [4.69, 9.17) is 4.84 Å². The minimum absolute atomic E-state index is 0.00161. The van der Waals surface area contributed by atoms with E-state index in [9.17, 15) is 13.2 Å². The van der Waals surface area contributed by atoms with Crippen molar-refractivity contribution in [2.75, 3.05) is 0 Å². The van der Waals surface area contributed by atoms with Gasteiger partial charge in [0, 0.05) is 0 Å². The van der Waals surface area contributed by atoms with Crippen LogP contribution >= 0.6 is 0 Å². The van der Waals surface area contributed by atoms with E-state index in [2.05, 4.69) is 5.48 Å². The van der Waals surface area contributed by atoms with Crippen molar-refractivity contribution in [2.24, 2.45) is 0 Å². The van der Waals surface area contributed by atoms with Crippen LogP contribution in [-0.2, 0) is 11.0 Å². The Hall–Kier alpha value is -1.07. The maximum atomic E-state index is 12.3. The van der Waals surface area contributed by atoms with Crippen molar-refractivity contribution in [3.8, 4) is 0 Å². The molecule has 5 heteroatoms. The number of alkyl halides is 3. The third-order valence-corrected chi connectivity index (χ3v) is 2.45. The molecular formula is C10H10F3NO. The van der Waals surface area contributed by atoms with E-state index in [1.54, 1.807) is 0 Å². The van der Waals surface area contributed by atoms with E-state index < -0.39 is 11.7 Å². The smallest absolute Gasteiger partial charge is 0.296 e. The van der Waals surface area contributed by atoms with Crippen LogP contribution in [0.25, 0.3) is 0 Å². The molecule has 0 radical (unpaired) electrons. The first-order chi connectivity index (χ1) is 6.98. The zero-order chi connectivity index (χ0) is 11.1. The molecule has 0 aromatic heterocycles. The van der Waals surface area contributed by atoms with Crippen molar-refractivity contribution in [3.05, 3.63) is 35.4 Å². The van der Waals surface area contributed by atoms with Gasteiger partial charge in [0.05, 0.1) is 17.7 Å². The van der Waals surface area contributed by atoms with E-state index in [-0.39, 0.29) is 12.1 Å². The van der Waals surface area contributed by atoms with Crippen molar-refractivity contribution in [1.82, 2.24) is 5.48 Å². The molecule has 1 aromatic rings. The Morgan fingerprint density at radius 3 is 2.13 bits per heavy atom. The monoisotopic (exact) mass is 217 g/mol. The summed E-state index contributed by atoms with van der Waals surface area (Å²) in [7, 11) is 0. The summed E-state index contributed by atoms with van der Waals surface area (Å²) in [6.07, 6.45) is -4.27. The largest absolute Gasteiger partial charge is 0.416 e. The number of hydroxylamine groups is 1. The normalized spacial score (nSPS) is 26.1. The summed E-state index contributed by atoms with van der Waals surface area (Å²) in [4.78, 5) is 4.92. The van der Waals surface area contributed by atoms with E-state index in [1.165, 1.54) is 12.1 Å². The fourth-order valence-electron chi connectivity index (χ4n) is 1.49. The average Bonchev–Trinajstić information content (AvgIpc) is 2.15. The molecule has 1 aromatic carbocycles. The SMILES string of the molecule is CC1ONC1c1ccc(C(F)(F)F)cc1. The maximum Gasteiger partial charge on any atom is 0.416 e. The lowest BCUT2D eigenvalue weighted by Gasteiger charge is -2.35. The third kappa shape index (κ3) is 1.98. The number of rotatable bonds is 1. The van der Waals surface area contributed by atoms with E-state index in [0.29, 0.717) is 0 Å². The summed E-state index contributed by atoms with van der Waals surface area (Å²) in [6.45, 7) is 1.86. The summed E-state index contributed by atoms with van der Waals surface area (Å²) >= 11 is 0. The second-order valence-corrected chi connectivity index (χ2v) is 3.54. The van der Waals surface area contributed by atoms with Gasteiger partial charge in [-0.05, 0) is 24.6 Å². The molecule has 0 saturated carbocycles. The van der Waals surface area contributed by atoms with E-state index >= 15 is 0 Å². The molecule has 2 unspecified atom stereocenters. The standard InChI is InChI=1S/C10H10F3NO/c1-6-9(14-15-6)7-2-4-8(5-3-7)10(11,12)13/h2-6,9,14H,1H3. The van der Waals surface area contributed by atoms with Crippen LogP contribution in [-0.4, -0.2) is 6.10 Å². The van der Waals surface area contributed by atoms with Crippen LogP contribution in [0.15, 0.2) is 24.3 Å². The Balaban J connectivity index is 2.17. The summed E-state index contributed by atoms with van der Waals surface area (Å²) in [5.41, 5.74) is 2.87. The molecule has 0 aliphatic carbocycles. The molecule has 0 spiro atoms. The molecule has 82 valence electrons. The highest BCUT2D eigenvalue weighted by Gasteiger charge is 2.32. The highest BCUT2D eigenvalue weighted by Crippen LogP contribution is 2.31. The number of halogens is 3. The Bertz CT molecular complexity index is 347. The van der Waals surface area contributed by atoms with Crippen LogP contribution in [0.3, 0.4) is 0 Å². The number of hydrogen-bond donors (Lipinski definition) is 1. The van der Waals surface area contributed by atoms with Gasteiger partial charge in [0.1, 0.15) is 0 Å². The summed E-state index contributed by atoms with van der Waals surface area (Å²) in [5, 5.41) is 0. The summed E-state index contributed by atoms with van der Waals surface area (Å²) in [5.74, 6) is 0.